The Bertz CT molecular complexity index is 984. The maximum absolute atomic E-state index is 12.8. The second-order valence-corrected chi connectivity index (χ2v) is 7.97. The first-order valence-electron chi connectivity index (χ1n) is 10.7. The van der Waals surface area contributed by atoms with E-state index >= 15 is 0 Å². The average molecular weight is 408 g/mol. The summed E-state index contributed by atoms with van der Waals surface area (Å²) in [6, 6.07) is 15.6. The van der Waals surface area contributed by atoms with E-state index in [4.69, 9.17) is 13.9 Å². The highest BCUT2D eigenvalue weighted by atomic mass is 16.5. The molecule has 0 atom stereocenters. The van der Waals surface area contributed by atoms with Gasteiger partial charge in [-0.2, -0.15) is 0 Å². The number of para-hydroxylation sites is 1. The van der Waals surface area contributed by atoms with Crippen molar-refractivity contribution < 1.29 is 18.7 Å². The Morgan fingerprint density at radius 2 is 1.87 bits per heavy atom. The van der Waals surface area contributed by atoms with Gasteiger partial charge in [-0.25, -0.2) is 0 Å². The van der Waals surface area contributed by atoms with E-state index in [1.807, 2.05) is 37.3 Å². The van der Waals surface area contributed by atoms with Crippen molar-refractivity contribution in [2.75, 3.05) is 20.3 Å². The number of methoxy groups -OCH3 is 1. The third kappa shape index (κ3) is 4.02. The molecule has 1 aliphatic rings. The van der Waals surface area contributed by atoms with Gasteiger partial charge in [0.15, 0.2) is 17.3 Å². The standard InChI is InChI=1S/C25H29NO4/c1-3-29-21-12-11-19(16-22(21)28-2)25(13-7-4-8-14-25)17-26-24(27)23-15-18-9-5-6-10-20(18)30-23/h5-6,9-12,15-16H,3-4,7-8,13-14,17H2,1-2H3,(H,26,27). The van der Waals surface area contributed by atoms with E-state index in [1.54, 1.807) is 13.2 Å². The Hall–Kier alpha value is -2.95. The lowest BCUT2D eigenvalue weighted by Crippen LogP contribution is -2.42. The fourth-order valence-corrected chi connectivity index (χ4v) is 4.50. The van der Waals surface area contributed by atoms with Crippen LogP contribution in [0.25, 0.3) is 11.0 Å². The zero-order valence-electron chi connectivity index (χ0n) is 17.7. The zero-order chi connectivity index (χ0) is 21.0. The van der Waals surface area contributed by atoms with Gasteiger partial charge in [0.1, 0.15) is 5.58 Å². The number of furan rings is 1. The molecule has 3 aromatic rings. The molecule has 0 bridgehead atoms. The summed E-state index contributed by atoms with van der Waals surface area (Å²) >= 11 is 0. The summed E-state index contributed by atoms with van der Waals surface area (Å²) in [5.41, 5.74) is 1.80. The van der Waals surface area contributed by atoms with Crippen LogP contribution in [0.5, 0.6) is 11.5 Å². The van der Waals surface area contributed by atoms with E-state index in [0.717, 1.165) is 48.2 Å². The number of hydrogen-bond acceptors (Lipinski definition) is 4. The molecule has 0 radical (unpaired) electrons. The lowest BCUT2D eigenvalue weighted by Gasteiger charge is -2.38. The van der Waals surface area contributed by atoms with Gasteiger partial charge in [0, 0.05) is 17.3 Å². The highest BCUT2D eigenvalue weighted by Gasteiger charge is 2.35. The van der Waals surface area contributed by atoms with E-state index in [1.165, 1.54) is 12.0 Å². The van der Waals surface area contributed by atoms with Gasteiger partial charge < -0.3 is 19.2 Å². The molecule has 5 nitrogen and oxygen atoms in total. The summed E-state index contributed by atoms with van der Waals surface area (Å²) in [6.07, 6.45) is 5.59. The zero-order valence-corrected chi connectivity index (χ0v) is 17.7. The molecule has 4 rings (SSSR count). The minimum atomic E-state index is -0.172. The Morgan fingerprint density at radius 1 is 1.07 bits per heavy atom. The quantitative estimate of drug-likeness (QED) is 0.564. The first-order valence-corrected chi connectivity index (χ1v) is 10.7. The minimum Gasteiger partial charge on any atom is -0.493 e. The molecule has 1 heterocycles. The van der Waals surface area contributed by atoms with E-state index in [9.17, 15) is 4.79 Å². The second kappa shape index (κ2) is 8.82. The summed E-state index contributed by atoms with van der Waals surface area (Å²) in [7, 11) is 1.67. The number of benzene rings is 2. The number of carbonyl (C=O) groups excluding carboxylic acids is 1. The summed E-state index contributed by atoms with van der Waals surface area (Å²) in [4.78, 5) is 12.8. The number of nitrogens with one attached hydrogen (secondary N) is 1. The van der Waals surface area contributed by atoms with Crippen LogP contribution in [0.1, 0.15) is 55.1 Å². The predicted molar refractivity (Wildman–Crippen MR) is 117 cm³/mol. The van der Waals surface area contributed by atoms with Crippen molar-refractivity contribution in [3.05, 3.63) is 59.9 Å². The predicted octanol–water partition coefficient (Wildman–Crippen LogP) is 5.47. The van der Waals surface area contributed by atoms with Crippen LogP contribution in [0.3, 0.4) is 0 Å². The molecule has 1 N–H and O–H groups in total. The molecule has 0 spiro atoms. The molecule has 5 heteroatoms. The number of fused-ring (bicyclic) bond motifs is 1. The molecule has 1 aromatic heterocycles. The van der Waals surface area contributed by atoms with E-state index < -0.39 is 0 Å². The molecule has 2 aromatic carbocycles. The van der Waals surface area contributed by atoms with Crippen molar-refractivity contribution in [1.82, 2.24) is 5.32 Å². The van der Waals surface area contributed by atoms with Crippen LogP contribution in [0.4, 0.5) is 0 Å². The maximum Gasteiger partial charge on any atom is 0.287 e. The highest BCUT2D eigenvalue weighted by Crippen LogP contribution is 2.42. The normalized spacial score (nSPS) is 15.7. The van der Waals surface area contributed by atoms with E-state index in [0.29, 0.717) is 18.9 Å². The lowest BCUT2D eigenvalue weighted by atomic mass is 9.69. The Morgan fingerprint density at radius 3 is 2.60 bits per heavy atom. The van der Waals surface area contributed by atoms with Gasteiger partial charge in [0.25, 0.3) is 5.91 Å². The van der Waals surface area contributed by atoms with Gasteiger partial charge in [-0.05, 0) is 49.6 Å². The van der Waals surface area contributed by atoms with Gasteiger partial charge >= 0.3 is 0 Å². The smallest absolute Gasteiger partial charge is 0.287 e. The molecule has 0 aliphatic heterocycles. The van der Waals surface area contributed by atoms with Gasteiger partial charge in [0.05, 0.1) is 13.7 Å². The van der Waals surface area contributed by atoms with Gasteiger partial charge in [-0.3, -0.25) is 4.79 Å². The summed E-state index contributed by atoms with van der Waals surface area (Å²) in [5.74, 6) is 1.67. The second-order valence-electron chi connectivity index (χ2n) is 7.97. The largest absolute Gasteiger partial charge is 0.493 e. The van der Waals surface area contributed by atoms with E-state index in [-0.39, 0.29) is 11.3 Å². The van der Waals surface area contributed by atoms with Crippen molar-refractivity contribution in [2.45, 2.75) is 44.4 Å². The molecule has 1 aliphatic carbocycles. The molecule has 1 saturated carbocycles. The van der Waals surface area contributed by atoms with Gasteiger partial charge in [0.2, 0.25) is 0 Å². The van der Waals surface area contributed by atoms with Crippen LogP contribution < -0.4 is 14.8 Å². The third-order valence-corrected chi connectivity index (χ3v) is 6.12. The van der Waals surface area contributed by atoms with Crippen LogP contribution in [0.2, 0.25) is 0 Å². The number of ether oxygens (including phenoxy) is 2. The van der Waals surface area contributed by atoms with Crippen molar-refractivity contribution in [1.29, 1.82) is 0 Å². The lowest BCUT2D eigenvalue weighted by molar-refractivity contribution is 0.0911. The van der Waals surface area contributed by atoms with Gasteiger partial charge in [-0.1, -0.05) is 43.5 Å². The molecule has 158 valence electrons. The summed E-state index contributed by atoms with van der Waals surface area (Å²) in [6.45, 7) is 3.12. The number of hydrogen-bond donors (Lipinski definition) is 1. The Labute approximate surface area is 177 Å². The summed E-state index contributed by atoms with van der Waals surface area (Å²) in [5, 5.41) is 4.08. The Balaban J connectivity index is 1.57. The first kappa shape index (κ1) is 20.3. The molecule has 1 amide bonds. The Kier molecular flexibility index (Phi) is 5.98. The van der Waals surface area contributed by atoms with Crippen molar-refractivity contribution in [3.63, 3.8) is 0 Å². The molecular formula is C25H29NO4. The van der Waals surface area contributed by atoms with Crippen molar-refractivity contribution >= 4 is 16.9 Å². The maximum atomic E-state index is 12.8. The third-order valence-electron chi connectivity index (χ3n) is 6.12. The van der Waals surface area contributed by atoms with Crippen LogP contribution in [-0.4, -0.2) is 26.2 Å². The molecule has 30 heavy (non-hydrogen) atoms. The highest BCUT2D eigenvalue weighted by molar-refractivity contribution is 5.96. The molecule has 0 saturated heterocycles. The minimum absolute atomic E-state index is 0.113. The monoisotopic (exact) mass is 407 g/mol. The van der Waals surface area contributed by atoms with Crippen LogP contribution in [0.15, 0.2) is 52.9 Å². The fraction of sp³-hybridized carbons (Fsp3) is 0.400. The van der Waals surface area contributed by atoms with Crippen molar-refractivity contribution in [2.24, 2.45) is 0 Å². The number of amides is 1. The van der Waals surface area contributed by atoms with Gasteiger partial charge in [-0.15, -0.1) is 0 Å². The SMILES string of the molecule is CCOc1ccc(C2(CNC(=O)c3cc4ccccc4o3)CCCCC2)cc1OC. The number of rotatable bonds is 7. The van der Waals surface area contributed by atoms with E-state index in [2.05, 4.69) is 17.4 Å². The number of carbonyl (C=O) groups is 1. The topological polar surface area (TPSA) is 60.7 Å². The van der Waals surface area contributed by atoms with Crippen LogP contribution in [0, 0.1) is 0 Å². The van der Waals surface area contributed by atoms with Crippen LogP contribution >= 0.6 is 0 Å². The first-order chi connectivity index (χ1) is 14.6. The summed E-state index contributed by atoms with van der Waals surface area (Å²) < 4.78 is 17.0. The fourth-order valence-electron chi connectivity index (χ4n) is 4.50. The average Bonchev–Trinajstić information content (AvgIpc) is 3.23. The van der Waals surface area contributed by atoms with Crippen LogP contribution in [-0.2, 0) is 5.41 Å². The molecular weight excluding hydrogens is 378 g/mol. The molecule has 0 unspecified atom stereocenters. The molecule has 1 fully saturated rings. The van der Waals surface area contributed by atoms with Crippen molar-refractivity contribution in [3.8, 4) is 11.5 Å².